The molecule has 0 fully saturated rings. The fourth-order valence-corrected chi connectivity index (χ4v) is 4.98. The molecule has 10 nitrogen and oxygen atoms in total. The number of nitrogens with zero attached hydrogens (tertiary/aromatic N) is 2. The molecule has 0 spiro atoms. The van der Waals surface area contributed by atoms with Crippen molar-refractivity contribution in [3.8, 4) is 17.2 Å². The normalized spacial score (nSPS) is 11.4. The third-order valence-electron chi connectivity index (χ3n) is 4.39. The molecule has 0 amide bonds. The number of phenols is 1. The zero-order valence-electron chi connectivity index (χ0n) is 16.1. The number of nitrogens with two attached hydrogens (primary N) is 1. The van der Waals surface area contributed by atoms with Crippen LogP contribution in [0.3, 0.4) is 0 Å². The van der Waals surface area contributed by atoms with Crippen molar-refractivity contribution in [3.63, 3.8) is 0 Å². The van der Waals surface area contributed by atoms with Crippen LogP contribution in [0.1, 0.15) is 0 Å². The number of fused-ring (bicyclic) bond motifs is 1. The van der Waals surface area contributed by atoms with Gasteiger partial charge in [0.2, 0.25) is 0 Å². The molecule has 1 heterocycles. The monoisotopic (exact) mass is 459 g/mol. The van der Waals surface area contributed by atoms with Gasteiger partial charge in [-0.15, -0.1) is 0 Å². The summed E-state index contributed by atoms with van der Waals surface area (Å²) < 4.78 is 34.1. The van der Waals surface area contributed by atoms with Crippen LogP contribution in [-0.4, -0.2) is 35.8 Å². The molecule has 5 N–H and O–H groups in total. The molecule has 0 bridgehead atoms. The Bertz CT molecular complexity index is 1340. The van der Waals surface area contributed by atoms with Gasteiger partial charge in [-0.1, -0.05) is 24.3 Å². The van der Waals surface area contributed by atoms with E-state index in [-0.39, 0.29) is 22.1 Å². The SMILES string of the molecule is COc1ccc(ON)c(S(=O)(=O)Nc2cc(Sc3ncn[nH]3)c(O)c3ccccc23)c1. The fraction of sp³-hybridized carbons (Fsp3) is 0.0526. The van der Waals surface area contributed by atoms with Gasteiger partial charge >= 0.3 is 0 Å². The number of anilines is 1. The molecule has 12 heteroatoms. The lowest BCUT2D eigenvalue weighted by molar-refractivity contribution is 0.323. The third kappa shape index (κ3) is 4.08. The predicted molar refractivity (Wildman–Crippen MR) is 115 cm³/mol. The second-order valence-electron chi connectivity index (χ2n) is 6.25. The molecule has 0 saturated heterocycles. The Balaban J connectivity index is 1.83. The number of nitrogens with one attached hydrogen (secondary N) is 2. The summed E-state index contributed by atoms with van der Waals surface area (Å²) in [5, 5.41) is 18.6. The number of benzene rings is 3. The first-order valence-corrected chi connectivity index (χ1v) is 11.1. The van der Waals surface area contributed by atoms with Crippen LogP contribution in [0.5, 0.6) is 17.2 Å². The van der Waals surface area contributed by atoms with Gasteiger partial charge in [-0.25, -0.2) is 13.4 Å². The molecule has 3 aromatic carbocycles. The number of aromatic nitrogens is 3. The van der Waals surface area contributed by atoms with Crippen LogP contribution in [0, 0.1) is 0 Å². The second kappa shape index (κ2) is 8.34. The lowest BCUT2D eigenvalue weighted by Crippen LogP contribution is -2.16. The number of aromatic hydroxyl groups is 1. The Morgan fingerprint density at radius 3 is 2.61 bits per heavy atom. The van der Waals surface area contributed by atoms with Crippen molar-refractivity contribution in [2.24, 2.45) is 5.90 Å². The summed E-state index contributed by atoms with van der Waals surface area (Å²) in [4.78, 5) is 8.94. The number of aromatic amines is 1. The maximum Gasteiger partial charge on any atom is 0.265 e. The number of H-pyrrole nitrogens is 1. The largest absolute Gasteiger partial charge is 0.506 e. The van der Waals surface area contributed by atoms with Gasteiger partial charge in [0, 0.05) is 16.8 Å². The minimum absolute atomic E-state index is 0.00712. The number of hydrogen-bond acceptors (Lipinski definition) is 9. The van der Waals surface area contributed by atoms with Crippen LogP contribution < -0.4 is 20.2 Å². The Hall–Kier alpha value is -3.48. The smallest absolute Gasteiger partial charge is 0.265 e. The minimum Gasteiger partial charge on any atom is -0.506 e. The number of rotatable bonds is 7. The van der Waals surface area contributed by atoms with Crippen molar-refractivity contribution in [1.29, 1.82) is 0 Å². The topological polar surface area (TPSA) is 152 Å². The average molecular weight is 460 g/mol. The number of methoxy groups -OCH3 is 1. The molecule has 0 aliphatic heterocycles. The van der Waals surface area contributed by atoms with E-state index in [1.807, 2.05) is 0 Å². The molecule has 0 aliphatic carbocycles. The predicted octanol–water partition coefficient (Wildman–Crippen LogP) is 2.88. The van der Waals surface area contributed by atoms with E-state index in [0.29, 0.717) is 26.6 Å². The molecule has 1 aromatic heterocycles. The van der Waals surface area contributed by atoms with E-state index in [4.69, 9.17) is 15.5 Å². The second-order valence-corrected chi connectivity index (χ2v) is 8.93. The summed E-state index contributed by atoms with van der Waals surface area (Å²) in [5.41, 5.74) is 0.251. The highest BCUT2D eigenvalue weighted by molar-refractivity contribution is 7.99. The molecule has 0 atom stereocenters. The van der Waals surface area contributed by atoms with Crippen molar-refractivity contribution in [1.82, 2.24) is 15.2 Å². The highest BCUT2D eigenvalue weighted by Crippen LogP contribution is 2.42. The number of phenolic OH excluding ortho intramolecular Hbond substituents is 1. The fourth-order valence-electron chi connectivity index (χ4n) is 2.97. The van der Waals surface area contributed by atoms with E-state index < -0.39 is 10.0 Å². The van der Waals surface area contributed by atoms with Gasteiger partial charge in [0.1, 0.15) is 22.7 Å². The van der Waals surface area contributed by atoms with E-state index in [0.717, 1.165) is 11.8 Å². The highest BCUT2D eigenvalue weighted by Gasteiger charge is 2.23. The molecule has 0 unspecified atom stereocenters. The van der Waals surface area contributed by atoms with E-state index in [2.05, 4.69) is 19.9 Å². The average Bonchev–Trinajstić information content (AvgIpc) is 3.29. The molecule has 0 aliphatic rings. The van der Waals surface area contributed by atoms with Crippen LogP contribution in [0.15, 0.2) is 69.8 Å². The zero-order chi connectivity index (χ0) is 22.0. The third-order valence-corrected chi connectivity index (χ3v) is 6.70. The van der Waals surface area contributed by atoms with Gasteiger partial charge in [-0.2, -0.15) is 11.0 Å². The molecular formula is C19H17N5O5S2. The van der Waals surface area contributed by atoms with Crippen molar-refractivity contribution in [2.45, 2.75) is 14.9 Å². The number of ether oxygens (including phenoxy) is 1. The van der Waals surface area contributed by atoms with Crippen LogP contribution in [0.2, 0.25) is 0 Å². The summed E-state index contributed by atoms with van der Waals surface area (Å²) >= 11 is 1.11. The van der Waals surface area contributed by atoms with Crippen molar-refractivity contribution >= 4 is 38.2 Å². The summed E-state index contributed by atoms with van der Waals surface area (Å²) in [7, 11) is -2.71. The van der Waals surface area contributed by atoms with Gasteiger partial charge in [0.05, 0.1) is 17.7 Å². The lowest BCUT2D eigenvalue weighted by Gasteiger charge is -2.16. The Morgan fingerprint density at radius 2 is 1.94 bits per heavy atom. The highest BCUT2D eigenvalue weighted by atomic mass is 32.2. The molecule has 160 valence electrons. The van der Waals surface area contributed by atoms with E-state index >= 15 is 0 Å². The van der Waals surface area contributed by atoms with E-state index in [1.54, 1.807) is 24.3 Å². The van der Waals surface area contributed by atoms with E-state index in [9.17, 15) is 13.5 Å². The van der Waals surface area contributed by atoms with Crippen molar-refractivity contribution in [3.05, 3.63) is 54.9 Å². The van der Waals surface area contributed by atoms with Crippen LogP contribution >= 0.6 is 11.8 Å². The van der Waals surface area contributed by atoms with Crippen molar-refractivity contribution < 1.29 is 23.1 Å². The van der Waals surface area contributed by atoms with Crippen LogP contribution in [0.4, 0.5) is 5.69 Å². The van der Waals surface area contributed by atoms with Crippen LogP contribution in [0.25, 0.3) is 10.8 Å². The molecule has 31 heavy (non-hydrogen) atoms. The first kappa shape index (κ1) is 20.8. The van der Waals surface area contributed by atoms with Gasteiger partial charge in [0.25, 0.3) is 10.0 Å². The minimum atomic E-state index is -4.13. The summed E-state index contributed by atoms with van der Waals surface area (Å²) in [6, 6.07) is 12.6. The maximum absolute atomic E-state index is 13.2. The molecule has 4 rings (SSSR count). The van der Waals surface area contributed by atoms with Gasteiger partial charge in [0.15, 0.2) is 10.9 Å². The number of sulfonamides is 1. The molecule has 4 aromatic rings. The van der Waals surface area contributed by atoms with Gasteiger partial charge in [-0.3, -0.25) is 9.82 Å². The standard InChI is InChI=1S/C19H17N5O5S2/c1-28-11-6-7-15(29-20)17(8-11)31(26,27)24-14-9-16(30-19-21-10-22-23-19)18(25)13-5-3-2-4-12(13)14/h2-10,24-25H,20H2,1H3,(H,21,22,23). The molecule has 0 radical (unpaired) electrons. The first-order chi connectivity index (χ1) is 14.9. The maximum atomic E-state index is 13.2. The summed E-state index contributed by atoms with van der Waals surface area (Å²) in [6.07, 6.45) is 1.33. The lowest BCUT2D eigenvalue weighted by atomic mass is 10.1. The van der Waals surface area contributed by atoms with Gasteiger partial charge in [-0.05, 0) is 30.0 Å². The summed E-state index contributed by atoms with van der Waals surface area (Å²) in [5.74, 6) is 5.52. The Labute approximate surface area is 181 Å². The zero-order valence-corrected chi connectivity index (χ0v) is 17.7. The van der Waals surface area contributed by atoms with E-state index in [1.165, 1.54) is 37.7 Å². The molecule has 0 saturated carbocycles. The first-order valence-electron chi connectivity index (χ1n) is 8.78. The summed E-state index contributed by atoms with van der Waals surface area (Å²) in [6.45, 7) is 0. The molecular weight excluding hydrogens is 442 g/mol. The number of hydrogen-bond donors (Lipinski definition) is 4. The van der Waals surface area contributed by atoms with Crippen molar-refractivity contribution in [2.75, 3.05) is 11.8 Å². The Kier molecular flexibility index (Phi) is 5.59. The quantitative estimate of drug-likeness (QED) is 0.241. The Morgan fingerprint density at radius 1 is 1.16 bits per heavy atom. The van der Waals surface area contributed by atoms with Gasteiger partial charge < -0.3 is 14.7 Å². The van der Waals surface area contributed by atoms with Crippen LogP contribution in [-0.2, 0) is 10.0 Å².